The van der Waals surface area contributed by atoms with E-state index in [0.29, 0.717) is 6.54 Å². The predicted octanol–water partition coefficient (Wildman–Crippen LogP) is 2.27. The fourth-order valence-corrected chi connectivity index (χ4v) is 2.12. The summed E-state index contributed by atoms with van der Waals surface area (Å²) in [5, 5.41) is 4.01. The average molecular weight is 242 g/mol. The van der Waals surface area contributed by atoms with Crippen molar-refractivity contribution in [1.29, 1.82) is 0 Å². The number of benzene rings is 1. The summed E-state index contributed by atoms with van der Waals surface area (Å²) >= 11 is 0. The largest absolute Gasteiger partial charge is 0.399 e. The minimum Gasteiger partial charge on any atom is -0.399 e. The summed E-state index contributed by atoms with van der Waals surface area (Å²) in [5.41, 5.74) is 9.35. The van der Waals surface area contributed by atoms with Crippen molar-refractivity contribution in [2.24, 2.45) is 0 Å². The molecule has 0 bridgehead atoms. The first-order valence-electron chi connectivity index (χ1n) is 5.78. The van der Waals surface area contributed by atoms with E-state index in [2.05, 4.69) is 14.7 Å². The number of aryl methyl sites for hydroxylation is 2. The maximum Gasteiger partial charge on any atom is 0.133 e. The normalized spacial score (nSPS) is 11.2. The molecule has 0 amide bonds. The Morgan fingerprint density at radius 2 is 2.11 bits per heavy atom. The van der Waals surface area contributed by atoms with Crippen LogP contribution in [0, 0.1) is 13.8 Å². The van der Waals surface area contributed by atoms with Crippen LogP contribution >= 0.6 is 0 Å². The number of fused-ring (bicyclic) bond motifs is 1. The number of rotatable bonds is 2. The molecule has 0 aliphatic rings. The maximum atomic E-state index is 5.76. The Balaban J connectivity index is 2.08. The quantitative estimate of drug-likeness (QED) is 0.700. The van der Waals surface area contributed by atoms with Gasteiger partial charge in [-0.05, 0) is 32.0 Å². The molecular weight excluding hydrogens is 228 g/mol. The number of hydrogen-bond acceptors (Lipinski definition) is 4. The molecule has 0 saturated carbocycles. The number of imidazole rings is 1. The highest BCUT2D eigenvalue weighted by Gasteiger charge is 2.10. The van der Waals surface area contributed by atoms with Crippen LogP contribution in [0.4, 0.5) is 5.69 Å². The zero-order chi connectivity index (χ0) is 12.7. The number of nitrogen functional groups attached to an aromatic ring is 1. The first kappa shape index (κ1) is 10.8. The number of hydrogen-bond donors (Lipinski definition) is 1. The van der Waals surface area contributed by atoms with Crippen LogP contribution in [0.25, 0.3) is 11.0 Å². The van der Waals surface area contributed by atoms with Crippen LogP contribution in [0.5, 0.6) is 0 Å². The molecular formula is C13H14N4O. The van der Waals surface area contributed by atoms with Gasteiger partial charge in [-0.3, -0.25) is 0 Å². The highest BCUT2D eigenvalue weighted by molar-refractivity contribution is 5.79. The van der Waals surface area contributed by atoms with E-state index >= 15 is 0 Å². The Kier molecular flexibility index (Phi) is 2.33. The van der Waals surface area contributed by atoms with Gasteiger partial charge in [0.2, 0.25) is 0 Å². The molecule has 18 heavy (non-hydrogen) atoms. The maximum absolute atomic E-state index is 5.76. The minimum atomic E-state index is 0.656. The van der Waals surface area contributed by atoms with Gasteiger partial charge in [0.25, 0.3) is 0 Å². The molecule has 0 aliphatic heterocycles. The summed E-state index contributed by atoms with van der Waals surface area (Å²) in [5.74, 6) is 1.76. The molecule has 0 saturated heterocycles. The van der Waals surface area contributed by atoms with E-state index in [1.807, 2.05) is 38.1 Å². The van der Waals surface area contributed by atoms with E-state index in [0.717, 1.165) is 34.0 Å². The van der Waals surface area contributed by atoms with Crippen molar-refractivity contribution in [2.75, 3.05) is 5.73 Å². The highest BCUT2D eigenvalue weighted by Crippen LogP contribution is 2.20. The Morgan fingerprint density at radius 1 is 1.28 bits per heavy atom. The molecule has 92 valence electrons. The second-order valence-corrected chi connectivity index (χ2v) is 4.42. The summed E-state index contributed by atoms with van der Waals surface area (Å²) in [6.45, 7) is 4.52. The third-order valence-electron chi connectivity index (χ3n) is 2.96. The van der Waals surface area contributed by atoms with E-state index in [-0.39, 0.29) is 0 Å². The lowest BCUT2D eigenvalue weighted by molar-refractivity contribution is 0.389. The van der Waals surface area contributed by atoms with Gasteiger partial charge in [0.1, 0.15) is 17.3 Å². The number of nitrogens with zero attached hydrogens (tertiary/aromatic N) is 3. The number of anilines is 1. The zero-order valence-electron chi connectivity index (χ0n) is 10.3. The van der Waals surface area contributed by atoms with E-state index in [1.165, 1.54) is 0 Å². The molecule has 0 atom stereocenters. The molecule has 3 aromatic rings. The third kappa shape index (κ3) is 1.73. The van der Waals surface area contributed by atoms with Gasteiger partial charge in [0, 0.05) is 11.8 Å². The predicted molar refractivity (Wildman–Crippen MR) is 69.2 cm³/mol. The van der Waals surface area contributed by atoms with Gasteiger partial charge in [-0.2, -0.15) is 0 Å². The standard InChI is InChI=1S/C13H14N4O/c1-8-5-11(16-18-8)7-17-9(2)15-12-6-10(14)3-4-13(12)17/h3-6H,7,14H2,1-2H3. The van der Waals surface area contributed by atoms with Crippen molar-refractivity contribution >= 4 is 16.7 Å². The molecule has 0 aliphatic carbocycles. The molecule has 0 radical (unpaired) electrons. The van der Waals surface area contributed by atoms with Gasteiger partial charge < -0.3 is 14.8 Å². The number of aromatic nitrogens is 3. The first-order valence-corrected chi connectivity index (χ1v) is 5.78. The highest BCUT2D eigenvalue weighted by atomic mass is 16.5. The van der Waals surface area contributed by atoms with Crippen LogP contribution in [0.1, 0.15) is 17.3 Å². The van der Waals surface area contributed by atoms with Crippen LogP contribution < -0.4 is 5.73 Å². The molecule has 0 fully saturated rings. The molecule has 1 aromatic carbocycles. The van der Waals surface area contributed by atoms with Crippen molar-refractivity contribution in [3.05, 3.63) is 41.5 Å². The lowest BCUT2D eigenvalue weighted by atomic mass is 10.3. The van der Waals surface area contributed by atoms with Crippen molar-refractivity contribution in [2.45, 2.75) is 20.4 Å². The molecule has 3 rings (SSSR count). The summed E-state index contributed by atoms with van der Waals surface area (Å²) in [6, 6.07) is 7.68. The fraction of sp³-hybridized carbons (Fsp3) is 0.231. The molecule has 5 heteroatoms. The van der Waals surface area contributed by atoms with Crippen LogP contribution in [0.3, 0.4) is 0 Å². The Hall–Kier alpha value is -2.30. The van der Waals surface area contributed by atoms with Crippen molar-refractivity contribution < 1.29 is 4.52 Å². The topological polar surface area (TPSA) is 69.9 Å². The summed E-state index contributed by atoms with van der Waals surface area (Å²) in [6.07, 6.45) is 0. The molecule has 2 heterocycles. The van der Waals surface area contributed by atoms with E-state index < -0.39 is 0 Å². The molecule has 5 nitrogen and oxygen atoms in total. The lowest BCUT2D eigenvalue weighted by Crippen LogP contribution is -2.02. The first-order chi connectivity index (χ1) is 8.63. The van der Waals surface area contributed by atoms with E-state index in [4.69, 9.17) is 10.3 Å². The van der Waals surface area contributed by atoms with Crippen molar-refractivity contribution in [3.8, 4) is 0 Å². The Labute approximate surface area is 104 Å². The smallest absolute Gasteiger partial charge is 0.133 e. The summed E-state index contributed by atoms with van der Waals surface area (Å²) in [4.78, 5) is 4.50. The van der Waals surface area contributed by atoms with Crippen molar-refractivity contribution in [3.63, 3.8) is 0 Å². The molecule has 2 aromatic heterocycles. The van der Waals surface area contributed by atoms with Crippen LogP contribution in [-0.2, 0) is 6.54 Å². The second kappa shape index (κ2) is 3.87. The average Bonchev–Trinajstić information content (AvgIpc) is 2.84. The van der Waals surface area contributed by atoms with Crippen molar-refractivity contribution in [1.82, 2.24) is 14.7 Å². The zero-order valence-corrected chi connectivity index (χ0v) is 10.3. The van der Waals surface area contributed by atoms with Gasteiger partial charge in [0.15, 0.2) is 0 Å². The second-order valence-electron chi connectivity index (χ2n) is 4.42. The summed E-state index contributed by atoms with van der Waals surface area (Å²) < 4.78 is 7.18. The molecule has 0 spiro atoms. The number of nitrogens with two attached hydrogens (primary N) is 1. The van der Waals surface area contributed by atoms with Gasteiger partial charge in [-0.15, -0.1) is 0 Å². The Morgan fingerprint density at radius 3 is 2.83 bits per heavy atom. The Bertz CT molecular complexity index is 711. The van der Waals surface area contributed by atoms with Crippen LogP contribution in [0.15, 0.2) is 28.8 Å². The molecule has 0 unspecified atom stereocenters. The van der Waals surface area contributed by atoms with Gasteiger partial charge >= 0.3 is 0 Å². The van der Waals surface area contributed by atoms with Crippen LogP contribution in [-0.4, -0.2) is 14.7 Å². The fourth-order valence-electron chi connectivity index (χ4n) is 2.12. The van der Waals surface area contributed by atoms with E-state index in [1.54, 1.807) is 0 Å². The third-order valence-corrected chi connectivity index (χ3v) is 2.96. The van der Waals surface area contributed by atoms with Gasteiger partial charge in [0.05, 0.1) is 17.6 Å². The summed E-state index contributed by atoms with van der Waals surface area (Å²) in [7, 11) is 0. The van der Waals surface area contributed by atoms with Crippen LogP contribution in [0.2, 0.25) is 0 Å². The lowest BCUT2D eigenvalue weighted by Gasteiger charge is -2.03. The van der Waals surface area contributed by atoms with E-state index in [9.17, 15) is 0 Å². The van der Waals surface area contributed by atoms with Gasteiger partial charge in [-0.25, -0.2) is 4.98 Å². The molecule has 2 N–H and O–H groups in total. The minimum absolute atomic E-state index is 0.656. The van der Waals surface area contributed by atoms with Gasteiger partial charge in [-0.1, -0.05) is 5.16 Å². The SMILES string of the molecule is Cc1cc(Cn2c(C)nc3cc(N)ccc32)no1. The monoisotopic (exact) mass is 242 g/mol.